The predicted molar refractivity (Wildman–Crippen MR) is 164 cm³/mol. The summed E-state index contributed by atoms with van der Waals surface area (Å²) in [5.74, 6) is 3.46. The maximum atomic E-state index is 11.9. The molecule has 0 amide bonds. The number of morpholine rings is 1. The number of ether oxygens (including phenoxy) is 4. The van der Waals surface area contributed by atoms with Crippen LogP contribution in [0.5, 0.6) is 0 Å². The molecule has 43 heavy (non-hydrogen) atoms. The summed E-state index contributed by atoms with van der Waals surface area (Å²) < 4.78 is 24.7. The molecule has 246 valence electrons. The van der Waals surface area contributed by atoms with Crippen molar-refractivity contribution in [1.82, 2.24) is 5.06 Å². The van der Waals surface area contributed by atoms with Gasteiger partial charge in [0.25, 0.3) is 0 Å². The van der Waals surface area contributed by atoms with Gasteiger partial charge in [0, 0.05) is 19.9 Å². The summed E-state index contributed by atoms with van der Waals surface area (Å²) >= 11 is 0. The zero-order valence-electron chi connectivity index (χ0n) is 28.1. The first kappa shape index (κ1) is 33.2. The first-order valence-electron chi connectivity index (χ1n) is 17.1. The highest BCUT2D eigenvalue weighted by Gasteiger charge is 2.55. The van der Waals surface area contributed by atoms with Crippen molar-refractivity contribution in [1.29, 1.82) is 0 Å². The van der Waals surface area contributed by atoms with Gasteiger partial charge in [-0.2, -0.15) is 5.06 Å². The topological polar surface area (TPSA) is 97.7 Å². The van der Waals surface area contributed by atoms with Crippen LogP contribution in [0, 0.1) is 40.4 Å². The lowest BCUT2D eigenvalue weighted by atomic mass is 9.57. The minimum atomic E-state index is -1.18. The van der Waals surface area contributed by atoms with E-state index in [0.717, 1.165) is 31.4 Å². The van der Waals surface area contributed by atoms with E-state index >= 15 is 0 Å². The Morgan fingerprint density at radius 1 is 1.16 bits per heavy atom. The molecule has 8 heteroatoms. The number of nitrogens with zero attached hydrogens (tertiary/aromatic N) is 1. The molecule has 3 aliphatic carbocycles. The maximum Gasteiger partial charge on any atom is 0.303 e. The molecule has 0 bridgehead atoms. The van der Waals surface area contributed by atoms with Crippen LogP contribution in [0.25, 0.3) is 0 Å². The van der Waals surface area contributed by atoms with Crippen LogP contribution in [-0.2, 0) is 23.7 Å². The Morgan fingerprint density at radius 3 is 2.58 bits per heavy atom. The van der Waals surface area contributed by atoms with Gasteiger partial charge in [0.1, 0.15) is 6.10 Å². The molecule has 8 nitrogen and oxygen atoms in total. The monoisotopic (exact) mass is 605 g/mol. The minimum absolute atomic E-state index is 0.0254. The van der Waals surface area contributed by atoms with Crippen LogP contribution in [0.4, 0.5) is 0 Å². The Hall–Kier alpha value is -1.19. The van der Waals surface area contributed by atoms with Crippen LogP contribution >= 0.6 is 0 Å². The van der Waals surface area contributed by atoms with Crippen molar-refractivity contribution in [3.05, 3.63) is 11.3 Å². The summed E-state index contributed by atoms with van der Waals surface area (Å²) in [6, 6.07) is 0. The molecular formula is C35H59NO7. The molecule has 2 saturated carbocycles. The lowest BCUT2D eigenvalue weighted by Crippen LogP contribution is -2.50. The van der Waals surface area contributed by atoms with E-state index < -0.39 is 11.7 Å². The third-order valence-electron chi connectivity index (χ3n) is 12.2. The molecule has 4 unspecified atom stereocenters. The molecule has 5 aliphatic rings. The first-order chi connectivity index (χ1) is 20.1. The van der Waals surface area contributed by atoms with Crippen molar-refractivity contribution in [2.24, 2.45) is 40.4 Å². The Labute approximate surface area is 259 Å². The van der Waals surface area contributed by atoms with Crippen LogP contribution in [0.3, 0.4) is 0 Å². The number of rotatable bonds is 8. The van der Waals surface area contributed by atoms with E-state index in [9.17, 15) is 15.1 Å². The third-order valence-corrected chi connectivity index (χ3v) is 12.2. The minimum Gasteiger partial charge on any atom is -0.491 e. The molecular weight excluding hydrogens is 546 g/mol. The zero-order chi connectivity index (χ0) is 31.3. The van der Waals surface area contributed by atoms with Gasteiger partial charge >= 0.3 is 5.97 Å². The number of fused-ring (bicyclic) bond motifs is 2. The van der Waals surface area contributed by atoms with Crippen LogP contribution in [0.2, 0.25) is 0 Å². The standard InChI is InChI=1S/C35H59NO7/c1-21-11-14-29(43-30-20-36(39)16-17-40-30)33(4,5)25(21)13-12-24-10-9-15-35(8)26(24)19-27-31(35)22(2)18-28(42-27)32(34(6,7)38)41-23(3)37/h21-22,24-26,28-30,32,38-39H,9-20H2,1-8H3/t21?,22-,24+,25?,26?,28-,29+,30?,32+,35+/m1/s1. The largest absolute Gasteiger partial charge is 0.491 e. The van der Waals surface area contributed by atoms with Crippen LogP contribution in [0.1, 0.15) is 113 Å². The summed E-state index contributed by atoms with van der Waals surface area (Å²) in [6.45, 7) is 18.2. The van der Waals surface area contributed by atoms with E-state index in [1.807, 2.05) is 0 Å². The number of hydrogen-bond acceptors (Lipinski definition) is 8. The summed E-state index contributed by atoms with van der Waals surface area (Å²) in [5, 5.41) is 22.2. The zero-order valence-corrected chi connectivity index (χ0v) is 28.1. The van der Waals surface area contributed by atoms with Crippen molar-refractivity contribution < 1.29 is 34.1 Å². The molecule has 0 spiro atoms. The third kappa shape index (κ3) is 6.70. The first-order valence-corrected chi connectivity index (χ1v) is 17.1. The van der Waals surface area contributed by atoms with E-state index in [1.165, 1.54) is 49.7 Å². The SMILES string of the molecule is CC(=O)O[C@@H]([C@H]1C[C@@H](C)C2=C(CC3[C@H](CCC4C(C)CC[C@H](OC5CN(O)CCO5)C4(C)C)CCC[C@]23C)O1)C(C)(C)O. The second-order valence-electron chi connectivity index (χ2n) is 16.1. The molecule has 2 aliphatic heterocycles. The number of allylic oxidation sites excluding steroid dienone is 2. The van der Waals surface area contributed by atoms with Gasteiger partial charge in [0.05, 0.1) is 30.6 Å². The van der Waals surface area contributed by atoms with Crippen molar-refractivity contribution in [2.45, 2.75) is 143 Å². The number of hydrogen-bond donors (Lipinski definition) is 2. The Kier molecular flexibility index (Phi) is 9.68. The molecule has 2 heterocycles. The molecule has 0 radical (unpaired) electrons. The second-order valence-corrected chi connectivity index (χ2v) is 16.1. The smallest absolute Gasteiger partial charge is 0.303 e. The fourth-order valence-electron chi connectivity index (χ4n) is 10.1. The molecule has 3 fully saturated rings. The Bertz CT molecular complexity index is 1040. The number of esters is 1. The van der Waals surface area contributed by atoms with E-state index in [2.05, 4.69) is 34.6 Å². The van der Waals surface area contributed by atoms with Gasteiger partial charge in [-0.05, 0) is 98.4 Å². The number of carbonyl (C=O) groups excluding carboxylic acids is 1. The molecule has 2 N–H and O–H groups in total. The summed E-state index contributed by atoms with van der Waals surface area (Å²) in [4.78, 5) is 11.9. The van der Waals surface area contributed by atoms with Gasteiger partial charge in [0.15, 0.2) is 12.4 Å². The highest BCUT2D eigenvalue weighted by Crippen LogP contribution is 2.62. The fraction of sp³-hybridized carbons (Fsp3) is 0.914. The van der Waals surface area contributed by atoms with Crippen molar-refractivity contribution in [3.8, 4) is 0 Å². The lowest BCUT2D eigenvalue weighted by molar-refractivity contribution is -0.273. The van der Waals surface area contributed by atoms with Gasteiger partial charge in [-0.15, -0.1) is 0 Å². The van der Waals surface area contributed by atoms with Crippen molar-refractivity contribution in [3.63, 3.8) is 0 Å². The van der Waals surface area contributed by atoms with E-state index in [0.29, 0.717) is 49.3 Å². The van der Waals surface area contributed by atoms with Crippen molar-refractivity contribution in [2.75, 3.05) is 19.7 Å². The Morgan fingerprint density at radius 2 is 1.91 bits per heavy atom. The summed E-state index contributed by atoms with van der Waals surface area (Å²) in [7, 11) is 0. The normalized spacial score (nSPS) is 40.8. The quantitative estimate of drug-likeness (QED) is 0.304. The van der Waals surface area contributed by atoms with Crippen LogP contribution in [0.15, 0.2) is 11.3 Å². The van der Waals surface area contributed by atoms with Gasteiger partial charge in [-0.1, -0.05) is 47.5 Å². The van der Waals surface area contributed by atoms with Crippen LogP contribution in [-0.4, -0.2) is 71.2 Å². The van der Waals surface area contributed by atoms with E-state index in [-0.39, 0.29) is 35.3 Å². The number of hydroxylamine groups is 2. The number of aliphatic hydroxyl groups is 1. The molecule has 0 aromatic heterocycles. The molecule has 5 rings (SSSR count). The number of carbonyl (C=O) groups is 1. The van der Waals surface area contributed by atoms with Crippen LogP contribution < -0.4 is 0 Å². The highest BCUT2D eigenvalue weighted by atomic mass is 16.7. The summed E-state index contributed by atoms with van der Waals surface area (Å²) in [5.41, 5.74) is 0.470. The average molecular weight is 606 g/mol. The maximum absolute atomic E-state index is 11.9. The van der Waals surface area contributed by atoms with Gasteiger partial charge < -0.3 is 29.3 Å². The second kappa shape index (κ2) is 12.5. The molecule has 10 atom stereocenters. The molecule has 0 aromatic rings. The lowest BCUT2D eigenvalue weighted by Gasteiger charge is -2.50. The van der Waals surface area contributed by atoms with Gasteiger partial charge in [-0.25, -0.2) is 0 Å². The van der Waals surface area contributed by atoms with Gasteiger partial charge in [0.2, 0.25) is 0 Å². The van der Waals surface area contributed by atoms with E-state index in [4.69, 9.17) is 18.9 Å². The highest BCUT2D eigenvalue weighted by molar-refractivity contribution is 5.66. The van der Waals surface area contributed by atoms with E-state index in [1.54, 1.807) is 13.8 Å². The average Bonchev–Trinajstić information content (AvgIpc) is 3.21. The molecule has 1 saturated heterocycles. The summed E-state index contributed by atoms with van der Waals surface area (Å²) in [6.07, 6.45) is 8.73. The van der Waals surface area contributed by atoms with Crippen molar-refractivity contribution >= 4 is 5.97 Å². The molecule has 0 aromatic carbocycles. The Balaban J connectivity index is 1.27. The fourth-order valence-corrected chi connectivity index (χ4v) is 10.1. The predicted octanol–water partition coefficient (Wildman–Crippen LogP) is 6.48. The van der Waals surface area contributed by atoms with Gasteiger partial charge in [-0.3, -0.25) is 4.79 Å².